The fraction of sp³-hybridized carbons (Fsp3) is 0.529. The van der Waals surface area contributed by atoms with E-state index in [1.165, 1.54) is 0 Å². The Morgan fingerprint density at radius 1 is 1.22 bits per heavy atom. The molecule has 1 amide bonds. The minimum atomic E-state index is -0.700. The number of piperidine rings is 1. The third-order valence-electron chi connectivity index (χ3n) is 3.93. The number of carbonyl (C=O) groups is 2. The number of likely N-dealkylation sites (tertiary alicyclic amines) is 1. The fourth-order valence-electron chi connectivity index (χ4n) is 2.94. The number of hydrogen-bond donors (Lipinski definition) is 0. The number of halogens is 2. The molecule has 1 atom stereocenters. The summed E-state index contributed by atoms with van der Waals surface area (Å²) in [5.41, 5.74) is 0.299. The molecular weight excluding hydrogens is 304 g/mol. The highest BCUT2D eigenvalue weighted by Crippen LogP contribution is 2.21. The van der Waals surface area contributed by atoms with Crippen molar-refractivity contribution < 1.29 is 23.1 Å². The van der Waals surface area contributed by atoms with Crippen molar-refractivity contribution in [2.24, 2.45) is 0 Å². The highest BCUT2D eigenvalue weighted by Gasteiger charge is 2.29. The van der Waals surface area contributed by atoms with Crippen LogP contribution in [0.2, 0.25) is 0 Å². The first-order chi connectivity index (χ1) is 11.0. The van der Waals surface area contributed by atoms with E-state index in [0.717, 1.165) is 37.5 Å². The van der Waals surface area contributed by atoms with Crippen LogP contribution < -0.4 is 0 Å². The summed E-state index contributed by atoms with van der Waals surface area (Å²) in [6.07, 6.45) is 2.64. The quantitative estimate of drug-likeness (QED) is 0.782. The average molecular weight is 325 g/mol. The number of rotatable bonds is 5. The molecule has 1 aromatic rings. The Balaban J connectivity index is 2.04. The predicted octanol–water partition coefficient (Wildman–Crippen LogP) is 2.84. The molecule has 0 spiro atoms. The normalized spacial score (nSPS) is 17.9. The molecule has 2 rings (SSSR count). The van der Waals surface area contributed by atoms with Gasteiger partial charge in [-0.25, -0.2) is 8.78 Å². The van der Waals surface area contributed by atoms with Gasteiger partial charge in [-0.3, -0.25) is 9.59 Å². The van der Waals surface area contributed by atoms with Crippen molar-refractivity contribution in [2.45, 2.75) is 45.1 Å². The Bertz CT molecular complexity index is 557. The lowest BCUT2D eigenvalue weighted by Gasteiger charge is -2.35. The number of esters is 1. The lowest BCUT2D eigenvalue weighted by Crippen LogP contribution is -2.45. The van der Waals surface area contributed by atoms with Crippen molar-refractivity contribution in [2.75, 3.05) is 13.2 Å². The zero-order valence-corrected chi connectivity index (χ0v) is 13.2. The second-order valence-electron chi connectivity index (χ2n) is 5.70. The van der Waals surface area contributed by atoms with Crippen molar-refractivity contribution >= 4 is 11.9 Å². The topological polar surface area (TPSA) is 46.6 Å². The van der Waals surface area contributed by atoms with Gasteiger partial charge in [0, 0.05) is 18.7 Å². The molecule has 1 aliphatic rings. The maximum atomic E-state index is 13.2. The first kappa shape index (κ1) is 17.4. The van der Waals surface area contributed by atoms with E-state index in [1.807, 2.05) is 0 Å². The summed E-state index contributed by atoms with van der Waals surface area (Å²) in [5, 5.41) is 0. The minimum absolute atomic E-state index is 0.0754. The zero-order valence-electron chi connectivity index (χ0n) is 13.2. The van der Waals surface area contributed by atoms with E-state index in [1.54, 1.807) is 11.8 Å². The van der Waals surface area contributed by atoms with E-state index in [2.05, 4.69) is 0 Å². The summed E-state index contributed by atoms with van der Waals surface area (Å²) >= 11 is 0. The Labute approximate surface area is 134 Å². The highest BCUT2D eigenvalue weighted by molar-refractivity contribution is 5.80. The van der Waals surface area contributed by atoms with Crippen LogP contribution in [0.25, 0.3) is 0 Å². The third-order valence-corrected chi connectivity index (χ3v) is 3.93. The lowest BCUT2D eigenvalue weighted by molar-refractivity contribution is -0.146. The molecule has 0 unspecified atom stereocenters. The predicted molar refractivity (Wildman–Crippen MR) is 80.7 cm³/mol. The van der Waals surface area contributed by atoms with E-state index in [-0.39, 0.29) is 30.8 Å². The number of ether oxygens (including phenoxy) is 1. The molecule has 23 heavy (non-hydrogen) atoms. The van der Waals surface area contributed by atoms with Gasteiger partial charge in [0.05, 0.1) is 19.4 Å². The summed E-state index contributed by atoms with van der Waals surface area (Å²) < 4.78 is 31.4. The third kappa shape index (κ3) is 5.01. The van der Waals surface area contributed by atoms with Crippen LogP contribution in [0.15, 0.2) is 18.2 Å². The molecule has 6 heteroatoms. The molecule has 1 fully saturated rings. The molecule has 0 radical (unpaired) electrons. The maximum absolute atomic E-state index is 13.2. The van der Waals surface area contributed by atoms with Crippen LogP contribution in [0.5, 0.6) is 0 Å². The molecule has 0 aliphatic carbocycles. The largest absolute Gasteiger partial charge is 0.466 e. The smallest absolute Gasteiger partial charge is 0.307 e. The van der Waals surface area contributed by atoms with Crippen LogP contribution in [-0.2, 0) is 20.7 Å². The van der Waals surface area contributed by atoms with Gasteiger partial charge in [-0.1, -0.05) is 0 Å². The standard InChI is InChI=1S/C17H21F2NO3/c1-2-23-17(22)11-15-5-3-4-6-20(15)16(21)9-12-7-13(18)10-14(19)8-12/h7-8,10,15H,2-6,9,11H2,1H3/t15-/m0/s1. The summed E-state index contributed by atoms with van der Waals surface area (Å²) in [4.78, 5) is 25.8. The van der Waals surface area contributed by atoms with E-state index in [4.69, 9.17) is 4.74 Å². The van der Waals surface area contributed by atoms with Crippen LogP contribution in [0.4, 0.5) is 8.78 Å². The zero-order chi connectivity index (χ0) is 16.8. The maximum Gasteiger partial charge on any atom is 0.307 e. The van der Waals surface area contributed by atoms with E-state index < -0.39 is 11.6 Å². The molecule has 0 N–H and O–H groups in total. The molecule has 1 aromatic carbocycles. The van der Waals surface area contributed by atoms with Crippen LogP contribution in [0.1, 0.15) is 38.2 Å². The van der Waals surface area contributed by atoms with Crippen molar-refractivity contribution in [1.82, 2.24) is 4.90 Å². The first-order valence-electron chi connectivity index (χ1n) is 7.89. The van der Waals surface area contributed by atoms with E-state index in [9.17, 15) is 18.4 Å². The van der Waals surface area contributed by atoms with Crippen LogP contribution in [0.3, 0.4) is 0 Å². The monoisotopic (exact) mass is 325 g/mol. The van der Waals surface area contributed by atoms with Gasteiger partial charge < -0.3 is 9.64 Å². The number of carbonyl (C=O) groups excluding carboxylic acids is 2. The van der Waals surface area contributed by atoms with Crippen LogP contribution >= 0.6 is 0 Å². The summed E-state index contributed by atoms with van der Waals surface area (Å²) in [7, 11) is 0. The summed E-state index contributed by atoms with van der Waals surface area (Å²) in [5.74, 6) is -1.94. The van der Waals surface area contributed by atoms with Gasteiger partial charge >= 0.3 is 5.97 Å². The van der Waals surface area contributed by atoms with Crippen LogP contribution in [0, 0.1) is 11.6 Å². The van der Waals surface area contributed by atoms with Crippen molar-refractivity contribution in [3.05, 3.63) is 35.4 Å². The SMILES string of the molecule is CCOC(=O)C[C@@H]1CCCCN1C(=O)Cc1cc(F)cc(F)c1. The Morgan fingerprint density at radius 2 is 1.91 bits per heavy atom. The van der Waals surface area contributed by atoms with Gasteiger partial charge in [-0.15, -0.1) is 0 Å². The van der Waals surface area contributed by atoms with Gasteiger partial charge in [0.1, 0.15) is 11.6 Å². The molecule has 1 saturated heterocycles. The Kier molecular flexibility index (Phi) is 6.07. The summed E-state index contributed by atoms with van der Waals surface area (Å²) in [6.45, 7) is 2.60. The van der Waals surface area contributed by atoms with E-state index >= 15 is 0 Å². The van der Waals surface area contributed by atoms with Gasteiger partial charge in [-0.05, 0) is 43.9 Å². The molecule has 126 valence electrons. The van der Waals surface area contributed by atoms with Gasteiger partial charge in [0.15, 0.2) is 0 Å². The van der Waals surface area contributed by atoms with Crippen molar-refractivity contribution in [3.8, 4) is 0 Å². The molecule has 0 aromatic heterocycles. The van der Waals surface area contributed by atoms with Gasteiger partial charge in [0.25, 0.3) is 0 Å². The summed E-state index contributed by atoms with van der Waals surface area (Å²) in [6, 6.07) is 2.89. The molecule has 1 aliphatic heterocycles. The molecular formula is C17H21F2NO3. The van der Waals surface area contributed by atoms with Crippen molar-refractivity contribution in [1.29, 1.82) is 0 Å². The van der Waals surface area contributed by atoms with Gasteiger partial charge in [0.2, 0.25) is 5.91 Å². The van der Waals surface area contributed by atoms with Crippen LogP contribution in [-0.4, -0.2) is 36.0 Å². The second kappa shape index (κ2) is 8.04. The average Bonchev–Trinajstić information content (AvgIpc) is 2.46. The number of benzene rings is 1. The second-order valence-corrected chi connectivity index (χ2v) is 5.70. The Morgan fingerprint density at radius 3 is 2.57 bits per heavy atom. The number of nitrogens with zero attached hydrogens (tertiary/aromatic N) is 1. The Hall–Kier alpha value is -1.98. The molecule has 0 saturated carbocycles. The van der Waals surface area contributed by atoms with E-state index in [0.29, 0.717) is 18.7 Å². The molecule has 1 heterocycles. The highest BCUT2D eigenvalue weighted by atomic mass is 19.1. The first-order valence-corrected chi connectivity index (χ1v) is 7.89. The van der Waals surface area contributed by atoms with Gasteiger partial charge in [-0.2, -0.15) is 0 Å². The fourth-order valence-corrected chi connectivity index (χ4v) is 2.94. The minimum Gasteiger partial charge on any atom is -0.466 e. The molecule has 4 nitrogen and oxygen atoms in total. The molecule has 0 bridgehead atoms. The number of amides is 1. The van der Waals surface area contributed by atoms with Crippen molar-refractivity contribution in [3.63, 3.8) is 0 Å². The lowest BCUT2D eigenvalue weighted by atomic mass is 9.98. The number of hydrogen-bond acceptors (Lipinski definition) is 3.